The van der Waals surface area contributed by atoms with Crippen LogP contribution in [-0.4, -0.2) is 84.5 Å². The molecule has 0 bridgehead atoms. The van der Waals surface area contributed by atoms with Gasteiger partial charge in [0.15, 0.2) is 5.13 Å². The maximum absolute atomic E-state index is 12.9. The van der Waals surface area contributed by atoms with E-state index >= 15 is 0 Å². The van der Waals surface area contributed by atoms with E-state index in [0.29, 0.717) is 24.3 Å². The molecule has 3 N–H and O–H groups in total. The molecule has 1 fully saturated rings. The molecule has 0 saturated carbocycles. The van der Waals surface area contributed by atoms with Crippen LogP contribution in [0.4, 0.5) is 5.13 Å². The highest BCUT2D eigenvalue weighted by atomic mass is 32.2. The van der Waals surface area contributed by atoms with Gasteiger partial charge in [0.05, 0.1) is 10.6 Å². The van der Waals surface area contributed by atoms with E-state index < -0.39 is 10.0 Å². The molecule has 1 aliphatic heterocycles. The van der Waals surface area contributed by atoms with Gasteiger partial charge in [-0.25, -0.2) is 13.4 Å². The molecule has 0 unspecified atom stereocenters. The van der Waals surface area contributed by atoms with Gasteiger partial charge in [0, 0.05) is 50.2 Å². The van der Waals surface area contributed by atoms with E-state index in [-0.39, 0.29) is 10.6 Å². The Bertz CT molecular complexity index is 1000. The second-order valence-electron chi connectivity index (χ2n) is 8.59. The molecule has 2 aliphatic rings. The summed E-state index contributed by atoms with van der Waals surface area (Å²) in [5.74, 6) is 0.0680. The number of phenolic OH excluding ortho intramolecular Hbond substituents is 1. The number of hydrogen-bond donors (Lipinski definition) is 2. The molecule has 32 heavy (non-hydrogen) atoms. The van der Waals surface area contributed by atoms with Crippen molar-refractivity contribution >= 4 is 26.5 Å². The first kappa shape index (κ1) is 23.4. The minimum absolute atomic E-state index is 0.0680. The van der Waals surface area contributed by atoms with Gasteiger partial charge in [-0.15, -0.1) is 11.3 Å². The SMILES string of the molecule is CCCN(CCN1CCN(S(=O)(=O)c2ccc(O)cc2)CC1)[C@H]1CCc2nc(N)sc2C1. The van der Waals surface area contributed by atoms with Gasteiger partial charge in [0.25, 0.3) is 0 Å². The van der Waals surface area contributed by atoms with E-state index in [1.54, 1.807) is 15.6 Å². The second kappa shape index (κ2) is 10.0. The third-order valence-electron chi connectivity index (χ3n) is 6.47. The number of rotatable bonds is 8. The van der Waals surface area contributed by atoms with E-state index in [9.17, 15) is 13.5 Å². The molecule has 2 heterocycles. The van der Waals surface area contributed by atoms with Crippen molar-refractivity contribution in [3.8, 4) is 5.75 Å². The summed E-state index contributed by atoms with van der Waals surface area (Å²) in [6.45, 7) is 7.68. The third-order valence-corrected chi connectivity index (χ3v) is 9.33. The Hall–Kier alpha value is -1.72. The van der Waals surface area contributed by atoms with Crippen molar-refractivity contribution in [2.24, 2.45) is 0 Å². The molecule has 0 amide bonds. The maximum atomic E-state index is 12.9. The van der Waals surface area contributed by atoms with Crippen LogP contribution in [0.15, 0.2) is 29.2 Å². The van der Waals surface area contributed by atoms with Crippen LogP contribution in [0, 0.1) is 0 Å². The van der Waals surface area contributed by atoms with Gasteiger partial charge in [0.2, 0.25) is 10.0 Å². The van der Waals surface area contributed by atoms with Crippen LogP contribution in [0.5, 0.6) is 5.75 Å². The number of nitrogens with zero attached hydrogens (tertiary/aromatic N) is 4. The summed E-state index contributed by atoms with van der Waals surface area (Å²) in [6, 6.07) is 6.29. The fourth-order valence-corrected chi connectivity index (χ4v) is 7.06. The molecule has 0 spiro atoms. The van der Waals surface area contributed by atoms with Gasteiger partial charge in [0.1, 0.15) is 5.75 Å². The third kappa shape index (κ3) is 5.26. The van der Waals surface area contributed by atoms with Crippen molar-refractivity contribution in [2.75, 3.05) is 51.5 Å². The number of sulfonamides is 1. The maximum Gasteiger partial charge on any atom is 0.243 e. The summed E-state index contributed by atoms with van der Waals surface area (Å²) in [5, 5.41) is 10.1. The number of anilines is 1. The number of phenols is 1. The first-order valence-electron chi connectivity index (χ1n) is 11.4. The number of thiazole rings is 1. The average molecular weight is 480 g/mol. The summed E-state index contributed by atoms with van der Waals surface area (Å²) < 4.78 is 27.3. The zero-order valence-electron chi connectivity index (χ0n) is 18.6. The molecule has 1 aromatic carbocycles. The summed E-state index contributed by atoms with van der Waals surface area (Å²) in [6.07, 6.45) is 4.27. The molecule has 1 saturated heterocycles. The highest BCUT2D eigenvalue weighted by Gasteiger charge is 2.30. The molecule has 176 valence electrons. The largest absolute Gasteiger partial charge is 0.508 e. The van der Waals surface area contributed by atoms with E-state index in [4.69, 9.17) is 5.73 Å². The number of piperazine rings is 1. The predicted molar refractivity (Wildman–Crippen MR) is 128 cm³/mol. The monoisotopic (exact) mass is 479 g/mol. The van der Waals surface area contributed by atoms with Crippen LogP contribution in [-0.2, 0) is 22.9 Å². The van der Waals surface area contributed by atoms with Crippen molar-refractivity contribution in [3.63, 3.8) is 0 Å². The van der Waals surface area contributed by atoms with Crippen LogP contribution < -0.4 is 5.73 Å². The van der Waals surface area contributed by atoms with Crippen molar-refractivity contribution in [2.45, 2.75) is 43.5 Å². The molecule has 4 rings (SSSR count). The smallest absolute Gasteiger partial charge is 0.243 e. The standard InChI is InChI=1S/C22H33N5O3S2/c1-2-9-26(17-3-8-20-21(16-17)31-22(23)24-20)13-10-25-11-14-27(15-12-25)32(29,30)19-6-4-18(28)5-7-19/h4-7,17,28H,2-3,8-16H2,1H3,(H2,23,24)/t17-/m0/s1. The quantitative estimate of drug-likeness (QED) is 0.597. The lowest BCUT2D eigenvalue weighted by Gasteiger charge is -2.38. The van der Waals surface area contributed by atoms with Crippen LogP contribution >= 0.6 is 11.3 Å². The lowest BCUT2D eigenvalue weighted by atomic mass is 9.96. The topological polar surface area (TPSA) is 103 Å². The van der Waals surface area contributed by atoms with Crippen molar-refractivity contribution in [3.05, 3.63) is 34.8 Å². The Kier molecular flexibility index (Phi) is 7.36. The Morgan fingerprint density at radius 1 is 1.19 bits per heavy atom. The number of aromatic nitrogens is 1. The summed E-state index contributed by atoms with van der Waals surface area (Å²) in [7, 11) is -3.52. The molecular weight excluding hydrogens is 446 g/mol. The predicted octanol–water partition coefficient (Wildman–Crippen LogP) is 2.01. The van der Waals surface area contributed by atoms with Gasteiger partial charge >= 0.3 is 0 Å². The van der Waals surface area contributed by atoms with Gasteiger partial charge in [-0.1, -0.05) is 6.92 Å². The minimum atomic E-state index is -3.52. The summed E-state index contributed by atoms with van der Waals surface area (Å²) in [4.78, 5) is 11.0. The minimum Gasteiger partial charge on any atom is -0.508 e. The fourth-order valence-electron chi connectivity index (χ4n) is 4.68. The number of fused-ring (bicyclic) bond motifs is 1. The molecule has 0 radical (unpaired) electrons. The number of nitrogen functional groups attached to an aromatic ring is 1. The molecular formula is C22H33N5O3S2. The molecule has 10 heteroatoms. The van der Waals surface area contributed by atoms with Gasteiger partial charge in [-0.3, -0.25) is 9.80 Å². The first-order valence-corrected chi connectivity index (χ1v) is 13.6. The summed E-state index contributed by atoms with van der Waals surface area (Å²) >= 11 is 1.63. The lowest BCUT2D eigenvalue weighted by molar-refractivity contribution is 0.129. The number of aryl methyl sites for hydroxylation is 1. The van der Waals surface area contributed by atoms with Crippen LogP contribution in [0.25, 0.3) is 0 Å². The van der Waals surface area contributed by atoms with E-state index in [1.807, 2.05) is 0 Å². The van der Waals surface area contributed by atoms with E-state index in [0.717, 1.165) is 58.4 Å². The molecule has 8 nitrogen and oxygen atoms in total. The Morgan fingerprint density at radius 3 is 2.59 bits per heavy atom. The second-order valence-corrected chi connectivity index (χ2v) is 11.6. The van der Waals surface area contributed by atoms with Crippen molar-refractivity contribution in [1.82, 2.24) is 19.1 Å². The highest BCUT2D eigenvalue weighted by molar-refractivity contribution is 7.89. The number of hydrogen-bond acceptors (Lipinski definition) is 8. The van der Waals surface area contributed by atoms with Crippen molar-refractivity contribution < 1.29 is 13.5 Å². The Balaban J connectivity index is 1.30. The van der Waals surface area contributed by atoms with E-state index in [1.165, 1.54) is 34.8 Å². The first-order chi connectivity index (χ1) is 15.4. The normalized spacial score (nSPS) is 20.5. The molecule has 1 aromatic heterocycles. The molecule has 1 atom stereocenters. The number of benzene rings is 1. The number of aromatic hydroxyl groups is 1. The summed E-state index contributed by atoms with van der Waals surface area (Å²) in [5.41, 5.74) is 7.10. The van der Waals surface area contributed by atoms with Crippen LogP contribution in [0.2, 0.25) is 0 Å². The zero-order chi connectivity index (χ0) is 22.7. The van der Waals surface area contributed by atoms with Gasteiger partial charge in [-0.2, -0.15) is 4.31 Å². The van der Waals surface area contributed by atoms with Crippen molar-refractivity contribution in [1.29, 1.82) is 0 Å². The number of nitrogens with two attached hydrogens (primary N) is 1. The fraction of sp³-hybridized carbons (Fsp3) is 0.591. The van der Waals surface area contributed by atoms with Crippen LogP contribution in [0.3, 0.4) is 0 Å². The van der Waals surface area contributed by atoms with Gasteiger partial charge < -0.3 is 10.8 Å². The molecule has 1 aliphatic carbocycles. The Morgan fingerprint density at radius 2 is 1.91 bits per heavy atom. The van der Waals surface area contributed by atoms with Crippen LogP contribution in [0.1, 0.15) is 30.3 Å². The highest BCUT2D eigenvalue weighted by Crippen LogP contribution is 2.30. The zero-order valence-corrected chi connectivity index (χ0v) is 20.2. The average Bonchev–Trinajstić information content (AvgIpc) is 3.16. The van der Waals surface area contributed by atoms with E-state index in [2.05, 4.69) is 21.7 Å². The van der Waals surface area contributed by atoms with Gasteiger partial charge in [-0.05, 0) is 56.5 Å². The Labute approximate surface area is 194 Å². The lowest BCUT2D eigenvalue weighted by Crippen LogP contribution is -2.51. The molecule has 2 aromatic rings.